The van der Waals surface area contributed by atoms with Gasteiger partial charge < -0.3 is 14.5 Å². The first-order valence-corrected chi connectivity index (χ1v) is 9.23. The van der Waals surface area contributed by atoms with Crippen LogP contribution in [0.5, 0.6) is 0 Å². The van der Waals surface area contributed by atoms with Crippen molar-refractivity contribution < 1.29 is 9.53 Å². The van der Waals surface area contributed by atoms with Crippen LogP contribution in [-0.2, 0) is 4.74 Å². The molecule has 0 unspecified atom stereocenters. The van der Waals surface area contributed by atoms with E-state index in [4.69, 9.17) is 4.74 Å². The van der Waals surface area contributed by atoms with Crippen LogP contribution in [0, 0.1) is 0 Å². The highest BCUT2D eigenvalue weighted by Gasteiger charge is 2.27. The monoisotopic (exact) mass is 334 g/mol. The average molecular weight is 334 g/mol. The van der Waals surface area contributed by atoms with Crippen molar-refractivity contribution in [1.82, 2.24) is 19.2 Å². The maximum Gasteiger partial charge on any atom is 0.274 e. The van der Waals surface area contributed by atoms with E-state index in [1.807, 2.05) is 27.1 Å². The molecule has 4 heterocycles. The van der Waals surface area contributed by atoms with E-state index in [0.29, 0.717) is 12.2 Å². The molecule has 2 aliphatic rings. The molecule has 7 heteroatoms. The molecule has 0 N–H and O–H groups in total. The molecule has 0 saturated carbocycles. The summed E-state index contributed by atoms with van der Waals surface area (Å²) in [6.45, 7) is 5.40. The van der Waals surface area contributed by atoms with Crippen LogP contribution < -0.4 is 0 Å². The van der Waals surface area contributed by atoms with Gasteiger partial charge in [-0.15, -0.1) is 11.3 Å². The molecule has 0 bridgehead atoms. The molecule has 124 valence electrons. The Labute approximate surface area is 139 Å². The molecular formula is C16H22N4O2S. The molecule has 2 fully saturated rings. The molecule has 2 saturated heterocycles. The van der Waals surface area contributed by atoms with Crippen LogP contribution in [0.2, 0.25) is 0 Å². The molecule has 23 heavy (non-hydrogen) atoms. The summed E-state index contributed by atoms with van der Waals surface area (Å²) >= 11 is 1.55. The summed E-state index contributed by atoms with van der Waals surface area (Å²) in [6.07, 6.45) is 7.33. The Balaban J connectivity index is 1.45. The van der Waals surface area contributed by atoms with Crippen LogP contribution in [0.4, 0.5) is 0 Å². The topological polar surface area (TPSA) is 50.1 Å². The minimum atomic E-state index is 0.0258. The fourth-order valence-electron chi connectivity index (χ4n) is 3.44. The SMILES string of the molecule is O=C(c1cn2ccsc2n1)N1CCCO[C@H](CN2CCCC2)C1. The molecule has 1 amide bonds. The number of carbonyl (C=O) groups is 1. The number of amides is 1. The van der Waals surface area contributed by atoms with Crippen molar-refractivity contribution in [3.8, 4) is 0 Å². The van der Waals surface area contributed by atoms with Crippen molar-refractivity contribution in [3.05, 3.63) is 23.5 Å². The highest BCUT2D eigenvalue weighted by molar-refractivity contribution is 7.15. The van der Waals surface area contributed by atoms with Gasteiger partial charge in [-0.25, -0.2) is 4.98 Å². The second-order valence-electron chi connectivity index (χ2n) is 6.32. The van der Waals surface area contributed by atoms with Crippen molar-refractivity contribution >= 4 is 22.2 Å². The zero-order valence-corrected chi connectivity index (χ0v) is 14.0. The van der Waals surface area contributed by atoms with Gasteiger partial charge in [0.05, 0.1) is 6.10 Å². The molecule has 0 aliphatic carbocycles. The highest BCUT2D eigenvalue weighted by atomic mass is 32.1. The average Bonchev–Trinajstić information content (AvgIpc) is 3.22. The highest BCUT2D eigenvalue weighted by Crippen LogP contribution is 2.16. The number of aromatic nitrogens is 2. The maximum atomic E-state index is 12.8. The summed E-state index contributed by atoms with van der Waals surface area (Å²) in [5, 5.41) is 1.97. The number of rotatable bonds is 3. The summed E-state index contributed by atoms with van der Waals surface area (Å²) < 4.78 is 7.88. The minimum Gasteiger partial charge on any atom is -0.375 e. The van der Waals surface area contributed by atoms with Gasteiger partial charge >= 0.3 is 0 Å². The van der Waals surface area contributed by atoms with E-state index in [9.17, 15) is 4.79 Å². The molecule has 2 aromatic heterocycles. The number of thiazole rings is 1. The van der Waals surface area contributed by atoms with Crippen LogP contribution >= 0.6 is 11.3 Å². The zero-order valence-electron chi connectivity index (χ0n) is 13.2. The van der Waals surface area contributed by atoms with Gasteiger partial charge in [0.15, 0.2) is 4.96 Å². The predicted octanol–water partition coefficient (Wildman–Crippen LogP) is 1.72. The van der Waals surface area contributed by atoms with E-state index in [-0.39, 0.29) is 12.0 Å². The third-order valence-electron chi connectivity index (χ3n) is 4.61. The Morgan fingerprint density at radius 2 is 2.17 bits per heavy atom. The molecule has 4 rings (SSSR count). The van der Waals surface area contributed by atoms with E-state index < -0.39 is 0 Å². The molecule has 2 aliphatic heterocycles. The number of hydrogen-bond donors (Lipinski definition) is 0. The van der Waals surface area contributed by atoms with Crippen LogP contribution in [0.3, 0.4) is 0 Å². The third-order valence-corrected chi connectivity index (χ3v) is 5.38. The lowest BCUT2D eigenvalue weighted by molar-refractivity contribution is 0.0296. The van der Waals surface area contributed by atoms with Gasteiger partial charge in [-0.2, -0.15) is 0 Å². The molecular weight excluding hydrogens is 312 g/mol. The molecule has 2 aromatic rings. The normalized spacial score (nSPS) is 23.5. The molecule has 1 atom stereocenters. The van der Waals surface area contributed by atoms with Crippen LogP contribution in [0.15, 0.2) is 17.8 Å². The number of likely N-dealkylation sites (tertiary alicyclic amines) is 1. The maximum absolute atomic E-state index is 12.8. The van der Waals surface area contributed by atoms with Crippen LogP contribution in [-0.4, -0.2) is 70.5 Å². The largest absolute Gasteiger partial charge is 0.375 e. The molecule has 0 spiro atoms. The number of fused-ring (bicyclic) bond motifs is 1. The van der Waals surface area contributed by atoms with E-state index >= 15 is 0 Å². The fraction of sp³-hybridized carbons (Fsp3) is 0.625. The number of hydrogen-bond acceptors (Lipinski definition) is 5. The Hall–Kier alpha value is -1.44. The van der Waals surface area contributed by atoms with E-state index in [2.05, 4.69) is 9.88 Å². The smallest absolute Gasteiger partial charge is 0.274 e. The second-order valence-corrected chi connectivity index (χ2v) is 7.20. The Morgan fingerprint density at radius 1 is 1.30 bits per heavy atom. The predicted molar refractivity (Wildman–Crippen MR) is 89.0 cm³/mol. The standard InChI is InChI=1S/C16H22N4O2S/c21-15(14-12-20-7-9-23-16(20)17-14)19-6-3-8-22-13(11-19)10-18-4-1-2-5-18/h7,9,12-13H,1-6,8,10-11H2/t13-/m1/s1. The summed E-state index contributed by atoms with van der Waals surface area (Å²) in [7, 11) is 0. The Morgan fingerprint density at radius 3 is 3.00 bits per heavy atom. The lowest BCUT2D eigenvalue weighted by atomic mass is 10.2. The van der Waals surface area contributed by atoms with Gasteiger partial charge in [-0.1, -0.05) is 0 Å². The first kappa shape index (κ1) is 15.1. The number of imidazole rings is 1. The molecule has 6 nitrogen and oxygen atoms in total. The van der Waals surface area contributed by atoms with Crippen molar-refractivity contribution in [2.24, 2.45) is 0 Å². The van der Waals surface area contributed by atoms with E-state index in [0.717, 1.165) is 44.2 Å². The van der Waals surface area contributed by atoms with Gasteiger partial charge in [0.1, 0.15) is 5.69 Å². The molecule has 0 radical (unpaired) electrons. The molecule has 0 aromatic carbocycles. The second kappa shape index (κ2) is 6.59. The lowest BCUT2D eigenvalue weighted by Crippen LogP contribution is -2.42. The van der Waals surface area contributed by atoms with Gasteiger partial charge in [-0.05, 0) is 32.4 Å². The first-order chi connectivity index (χ1) is 11.3. The van der Waals surface area contributed by atoms with Crippen LogP contribution in [0.1, 0.15) is 29.8 Å². The van der Waals surface area contributed by atoms with Gasteiger partial charge in [0.25, 0.3) is 5.91 Å². The number of ether oxygens (including phenoxy) is 1. The van der Waals surface area contributed by atoms with Gasteiger partial charge in [0.2, 0.25) is 0 Å². The van der Waals surface area contributed by atoms with Crippen LogP contribution in [0.25, 0.3) is 4.96 Å². The van der Waals surface area contributed by atoms with Crippen molar-refractivity contribution in [2.45, 2.75) is 25.4 Å². The van der Waals surface area contributed by atoms with Crippen molar-refractivity contribution in [2.75, 3.05) is 39.3 Å². The van der Waals surface area contributed by atoms with E-state index in [1.165, 1.54) is 12.8 Å². The summed E-state index contributed by atoms with van der Waals surface area (Å²) in [4.78, 5) is 22.5. The minimum absolute atomic E-state index is 0.0258. The van der Waals surface area contributed by atoms with Crippen molar-refractivity contribution in [1.29, 1.82) is 0 Å². The number of carbonyl (C=O) groups excluding carboxylic acids is 1. The summed E-state index contributed by atoms with van der Waals surface area (Å²) in [5.41, 5.74) is 0.540. The summed E-state index contributed by atoms with van der Waals surface area (Å²) in [5.74, 6) is 0.0258. The van der Waals surface area contributed by atoms with Crippen molar-refractivity contribution in [3.63, 3.8) is 0 Å². The third kappa shape index (κ3) is 3.27. The quantitative estimate of drug-likeness (QED) is 0.858. The van der Waals surface area contributed by atoms with E-state index in [1.54, 1.807) is 11.3 Å². The van der Waals surface area contributed by atoms with Gasteiger partial charge in [-0.3, -0.25) is 9.20 Å². The fourth-order valence-corrected chi connectivity index (χ4v) is 4.14. The Bertz CT molecular complexity index is 648. The van der Waals surface area contributed by atoms with Gasteiger partial charge in [0, 0.05) is 44.0 Å². The number of nitrogens with zero attached hydrogens (tertiary/aromatic N) is 4. The summed E-state index contributed by atoms with van der Waals surface area (Å²) in [6, 6.07) is 0. The lowest BCUT2D eigenvalue weighted by Gasteiger charge is -2.26. The zero-order chi connectivity index (χ0) is 15.6. The first-order valence-electron chi connectivity index (χ1n) is 8.35. The Kier molecular flexibility index (Phi) is 4.33.